The Morgan fingerprint density at radius 2 is 2.13 bits per heavy atom. The zero-order valence-electron chi connectivity index (χ0n) is 12.1. The molecule has 1 atom stereocenters. The molecule has 1 unspecified atom stereocenters. The van der Waals surface area contributed by atoms with Gasteiger partial charge in [0.15, 0.2) is 0 Å². The van der Waals surface area contributed by atoms with Crippen LogP contribution in [0.2, 0.25) is 0 Å². The van der Waals surface area contributed by atoms with Crippen molar-refractivity contribution < 1.29 is 22.7 Å². The van der Waals surface area contributed by atoms with Gasteiger partial charge in [0.05, 0.1) is 23.5 Å². The molecule has 0 aliphatic rings. The van der Waals surface area contributed by atoms with Crippen LogP contribution in [0.3, 0.4) is 0 Å². The van der Waals surface area contributed by atoms with Crippen molar-refractivity contribution in [3.8, 4) is 5.75 Å². The Labute approximate surface area is 130 Å². The highest BCUT2D eigenvalue weighted by atomic mass is 19.4. The number of aromatic amines is 1. The number of nitrogens with zero attached hydrogens (tertiary/aromatic N) is 1. The predicted octanol–water partition coefficient (Wildman–Crippen LogP) is 3.02. The van der Waals surface area contributed by atoms with Gasteiger partial charge in [-0.15, -0.1) is 0 Å². The molecule has 0 saturated heterocycles. The van der Waals surface area contributed by atoms with Crippen molar-refractivity contribution >= 4 is 11.7 Å². The first-order valence-corrected chi connectivity index (χ1v) is 6.71. The van der Waals surface area contributed by atoms with Crippen LogP contribution in [0.4, 0.5) is 23.7 Å². The molecule has 0 bridgehead atoms. The molecule has 0 saturated carbocycles. The van der Waals surface area contributed by atoms with Crippen LogP contribution in [0.5, 0.6) is 5.75 Å². The molecule has 1 aromatic heterocycles. The van der Waals surface area contributed by atoms with Crippen molar-refractivity contribution in [3.63, 3.8) is 0 Å². The Kier molecular flexibility index (Phi) is 5.09. The zero-order chi connectivity index (χ0) is 16.9. The van der Waals surface area contributed by atoms with E-state index in [2.05, 4.69) is 20.8 Å². The van der Waals surface area contributed by atoms with E-state index in [1.807, 2.05) is 0 Å². The molecule has 2 rings (SSSR count). The molecule has 0 fully saturated rings. The molecule has 1 aromatic carbocycles. The standard InChI is InChI=1S/C14H15F3N4O2/c1-9(20-13(22)21-10-6-18-19-7-10)8-23-12-5-3-2-4-11(12)14(15,16)17/h2-7,9H,8H2,1H3,(H,18,19)(H2,20,21,22). The monoisotopic (exact) mass is 328 g/mol. The summed E-state index contributed by atoms with van der Waals surface area (Å²) in [6.45, 7) is 1.51. The third-order valence-electron chi connectivity index (χ3n) is 2.81. The lowest BCUT2D eigenvalue weighted by molar-refractivity contribution is -0.139. The van der Waals surface area contributed by atoms with Gasteiger partial charge in [-0.2, -0.15) is 18.3 Å². The van der Waals surface area contributed by atoms with Crippen molar-refractivity contribution in [3.05, 3.63) is 42.2 Å². The van der Waals surface area contributed by atoms with E-state index in [1.165, 1.54) is 30.6 Å². The minimum absolute atomic E-state index is 0.105. The normalized spacial score (nSPS) is 12.5. The Bertz CT molecular complexity index is 644. The third-order valence-corrected chi connectivity index (χ3v) is 2.81. The van der Waals surface area contributed by atoms with Crippen LogP contribution in [0, 0.1) is 0 Å². The maximum atomic E-state index is 12.8. The van der Waals surface area contributed by atoms with Gasteiger partial charge < -0.3 is 15.4 Å². The van der Waals surface area contributed by atoms with Crippen LogP contribution in [0.25, 0.3) is 0 Å². The number of benzene rings is 1. The van der Waals surface area contributed by atoms with E-state index in [4.69, 9.17) is 4.74 Å². The predicted molar refractivity (Wildman–Crippen MR) is 77.1 cm³/mol. The summed E-state index contributed by atoms with van der Waals surface area (Å²) in [6, 6.07) is 3.92. The first-order valence-electron chi connectivity index (χ1n) is 6.71. The fourth-order valence-corrected chi connectivity index (χ4v) is 1.79. The van der Waals surface area contributed by atoms with E-state index in [0.29, 0.717) is 5.69 Å². The highest BCUT2D eigenvalue weighted by Gasteiger charge is 2.34. The van der Waals surface area contributed by atoms with Crippen LogP contribution in [0.15, 0.2) is 36.7 Å². The maximum absolute atomic E-state index is 12.8. The summed E-state index contributed by atoms with van der Waals surface area (Å²) in [4.78, 5) is 11.7. The molecule has 2 amide bonds. The Morgan fingerprint density at radius 3 is 2.78 bits per heavy atom. The molecule has 0 spiro atoms. The number of para-hydroxylation sites is 1. The lowest BCUT2D eigenvalue weighted by Gasteiger charge is -2.18. The Balaban J connectivity index is 1.87. The van der Waals surface area contributed by atoms with Crippen LogP contribution in [0.1, 0.15) is 12.5 Å². The number of rotatable bonds is 5. The molecule has 9 heteroatoms. The molecule has 3 N–H and O–H groups in total. The van der Waals surface area contributed by atoms with Gasteiger partial charge in [-0.25, -0.2) is 4.79 Å². The van der Waals surface area contributed by atoms with Gasteiger partial charge in [0, 0.05) is 6.20 Å². The average molecular weight is 328 g/mol. The van der Waals surface area contributed by atoms with Gasteiger partial charge >= 0.3 is 12.2 Å². The second-order valence-electron chi connectivity index (χ2n) is 4.79. The number of alkyl halides is 3. The number of anilines is 1. The molecule has 124 valence electrons. The maximum Gasteiger partial charge on any atom is 0.419 e. The van der Waals surface area contributed by atoms with Crippen LogP contribution < -0.4 is 15.4 Å². The van der Waals surface area contributed by atoms with Crippen LogP contribution in [-0.4, -0.2) is 28.9 Å². The molecular weight excluding hydrogens is 313 g/mol. The van der Waals surface area contributed by atoms with E-state index in [9.17, 15) is 18.0 Å². The number of nitrogens with one attached hydrogen (secondary N) is 3. The molecule has 6 nitrogen and oxygen atoms in total. The van der Waals surface area contributed by atoms with Crippen molar-refractivity contribution in [1.29, 1.82) is 0 Å². The first-order chi connectivity index (χ1) is 10.9. The second-order valence-corrected chi connectivity index (χ2v) is 4.79. The van der Waals surface area contributed by atoms with Gasteiger partial charge in [-0.05, 0) is 19.1 Å². The number of aromatic nitrogens is 2. The average Bonchev–Trinajstić information content (AvgIpc) is 2.97. The number of carbonyl (C=O) groups is 1. The highest BCUT2D eigenvalue weighted by Crippen LogP contribution is 2.35. The van der Waals surface area contributed by atoms with Crippen molar-refractivity contribution in [1.82, 2.24) is 15.5 Å². The molecule has 0 aliphatic carbocycles. The van der Waals surface area contributed by atoms with Crippen molar-refractivity contribution in [2.24, 2.45) is 0 Å². The summed E-state index contributed by atoms with van der Waals surface area (Å²) in [5.74, 6) is -0.274. The summed E-state index contributed by atoms with van der Waals surface area (Å²) in [7, 11) is 0. The Hall–Kier alpha value is -2.71. The number of amides is 2. The fourth-order valence-electron chi connectivity index (χ4n) is 1.79. The highest BCUT2D eigenvalue weighted by molar-refractivity contribution is 5.89. The lowest BCUT2D eigenvalue weighted by Crippen LogP contribution is -2.39. The minimum Gasteiger partial charge on any atom is -0.491 e. The number of H-pyrrole nitrogens is 1. The summed E-state index contributed by atoms with van der Waals surface area (Å²) in [5.41, 5.74) is -0.381. The van der Waals surface area contributed by atoms with Gasteiger partial charge in [0.2, 0.25) is 0 Å². The number of ether oxygens (including phenoxy) is 1. The molecule has 2 aromatic rings. The number of urea groups is 1. The Morgan fingerprint density at radius 1 is 1.39 bits per heavy atom. The summed E-state index contributed by atoms with van der Waals surface area (Å²) >= 11 is 0. The smallest absolute Gasteiger partial charge is 0.419 e. The molecule has 23 heavy (non-hydrogen) atoms. The van der Waals surface area contributed by atoms with E-state index >= 15 is 0 Å². The molecule has 0 aliphatic heterocycles. The van der Waals surface area contributed by atoms with Gasteiger partial charge in [-0.1, -0.05) is 12.1 Å². The first kappa shape index (κ1) is 16.7. The topological polar surface area (TPSA) is 79.0 Å². The summed E-state index contributed by atoms with van der Waals surface area (Å²) in [5, 5.41) is 11.3. The third kappa shape index (κ3) is 4.90. The number of hydrogen-bond donors (Lipinski definition) is 3. The van der Waals surface area contributed by atoms with Gasteiger partial charge in [0.1, 0.15) is 12.4 Å². The molecule has 1 heterocycles. The van der Waals surface area contributed by atoms with Crippen molar-refractivity contribution in [2.45, 2.75) is 19.1 Å². The van der Waals surface area contributed by atoms with Crippen LogP contribution in [-0.2, 0) is 6.18 Å². The lowest BCUT2D eigenvalue weighted by atomic mass is 10.2. The fraction of sp³-hybridized carbons (Fsp3) is 0.286. The number of carbonyl (C=O) groups excluding carboxylic acids is 1. The van der Waals surface area contributed by atoms with E-state index < -0.39 is 23.8 Å². The van der Waals surface area contributed by atoms with E-state index in [1.54, 1.807) is 6.92 Å². The molecule has 0 radical (unpaired) electrons. The van der Waals surface area contributed by atoms with Crippen molar-refractivity contribution in [2.75, 3.05) is 11.9 Å². The minimum atomic E-state index is -4.49. The summed E-state index contributed by atoms with van der Waals surface area (Å²) in [6.07, 6.45) is -1.59. The van der Waals surface area contributed by atoms with E-state index in [-0.39, 0.29) is 12.4 Å². The van der Waals surface area contributed by atoms with Crippen LogP contribution >= 0.6 is 0 Å². The van der Waals surface area contributed by atoms with Gasteiger partial charge in [0.25, 0.3) is 0 Å². The summed E-state index contributed by atoms with van der Waals surface area (Å²) < 4.78 is 43.7. The number of hydrogen-bond acceptors (Lipinski definition) is 3. The van der Waals surface area contributed by atoms with Gasteiger partial charge in [-0.3, -0.25) is 5.10 Å². The number of halogens is 3. The van der Waals surface area contributed by atoms with E-state index in [0.717, 1.165) is 6.07 Å². The SMILES string of the molecule is CC(COc1ccccc1C(F)(F)F)NC(=O)Nc1cn[nH]c1. The second kappa shape index (κ2) is 7.03. The largest absolute Gasteiger partial charge is 0.491 e. The quantitative estimate of drug-likeness (QED) is 0.789. The molecular formula is C14H15F3N4O2. The zero-order valence-corrected chi connectivity index (χ0v) is 12.1.